The zero-order valence-electron chi connectivity index (χ0n) is 11.4. The molecule has 0 bridgehead atoms. The lowest BCUT2D eigenvalue weighted by molar-refractivity contribution is -0.196. The molecule has 2 unspecified atom stereocenters. The topological polar surface area (TPSA) is 38.7 Å². The van der Waals surface area contributed by atoms with Gasteiger partial charge in [-0.25, -0.2) is 0 Å². The maximum atomic E-state index is 9.94. The van der Waals surface area contributed by atoms with Crippen molar-refractivity contribution in [2.24, 2.45) is 5.41 Å². The second kappa shape index (κ2) is 4.87. The number of hydrogen-bond acceptors (Lipinski definition) is 3. The van der Waals surface area contributed by atoms with Gasteiger partial charge in [0.2, 0.25) is 0 Å². The van der Waals surface area contributed by atoms with Crippen molar-refractivity contribution < 1.29 is 14.6 Å². The monoisotopic (exact) mass is 242 g/mol. The van der Waals surface area contributed by atoms with Gasteiger partial charge < -0.3 is 14.6 Å². The first kappa shape index (κ1) is 13.3. The minimum Gasteiger partial charge on any atom is -0.392 e. The van der Waals surface area contributed by atoms with Crippen molar-refractivity contribution >= 4 is 0 Å². The average molecular weight is 242 g/mol. The van der Waals surface area contributed by atoms with Gasteiger partial charge in [0.15, 0.2) is 0 Å². The van der Waals surface area contributed by atoms with Crippen LogP contribution in [0.15, 0.2) is 0 Å². The van der Waals surface area contributed by atoms with Crippen LogP contribution >= 0.6 is 0 Å². The second-order valence-corrected chi connectivity index (χ2v) is 6.51. The SMILES string of the molecule is CC(C)(C)OCCOC1CC(O)C12CCCC2. The van der Waals surface area contributed by atoms with E-state index < -0.39 is 0 Å². The fourth-order valence-electron chi connectivity index (χ4n) is 3.19. The zero-order chi connectivity index (χ0) is 12.5. The molecule has 100 valence electrons. The van der Waals surface area contributed by atoms with Crippen LogP contribution in [0.4, 0.5) is 0 Å². The van der Waals surface area contributed by atoms with E-state index in [9.17, 15) is 5.11 Å². The van der Waals surface area contributed by atoms with Crippen molar-refractivity contribution in [2.45, 2.75) is 70.7 Å². The van der Waals surface area contributed by atoms with Gasteiger partial charge in [-0.05, 0) is 33.6 Å². The Labute approximate surface area is 104 Å². The van der Waals surface area contributed by atoms with E-state index in [0.717, 1.165) is 19.3 Å². The fourth-order valence-corrected chi connectivity index (χ4v) is 3.19. The van der Waals surface area contributed by atoms with Crippen molar-refractivity contribution in [3.63, 3.8) is 0 Å². The van der Waals surface area contributed by atoms with Gasteiger partial charge in [-0.15, -0.1) is 0 Å². The van der Waals surface area contributed by atoms with Gasteiger partial charge in [0.25, 0.3) is 0 Å². The molecule has 0 heterocycles. The molecule has 2 saturated carbocycles. The van der Waals surface area contributed by atoms with Crippen LogP contribution in [0.25, 0.3) is 0 Å². The van der Waals surface area contributed by atoms with Crippen molar-refractivity contribution in [3.05, 3.63) is 0 Å². The Morgan fingerprint density at radius 2 is 1.82 bits per heavy atom. The predicted octanol–water partition coefficient (Wildman–Crippen LogP) is 2.51. The summed E-state index contributed by atoms with van der Waals surface area (Å²) >= 11 is 0. The Kier molecular flexibility index (Phi) is 3.81. The standard InChI is InChI=1S/C14H26O3/c1-13(2,3)17-9-8-16-12-10-11(15)14(12)6-4-5-7-14/h11-12,15H,4-10H2,1-3H3. The predicted molar refractivity (Wildman–Crippen MR) is 67.0 cm³/mol. The number of aliphatic hydroxyl groups is 1. The molecule has 3 heteroatoms. The molecule has 3 nitrogen and oxygen atoms in total. The van der Waals surface area contributed by atoms with Crippen LogP contribution in [0.2, 0.25) is 0 Å². The summed E-state index contributed by atoms with van der Waals surface area (Å²) in [5.74, 6) is 0. The summed E-state index contributed by atoms with van der Waals surface area (Å²) in [7, 11) is 0. The highest BCUT2D eigenvalue weighted by Gasteiger charge is 2.56. The molecular formula is C14H26O3. The van der Waals surface area contributed by atoms with Gasteiger partial charge in [-0.1, -0.05) is 12.8 Å². The first-order valence-electron chi connectivity index (χ1n) is 6.88. The van der Waals surface area contributed by atoms with Crippen LogP contribution < -0.4 is 0 Å². The smallest absolute Gasteiger partial charge is 0.0707 e. The third kappa shape index (κ3) is 2.83. The van der Waals surface area contributed by atoms with Crippen LogP contribution in [0.3, 0.4) is 0 Å². The molecule has 0 aliphatic heterocycles. The van der Waals surface area contributed by atoms with Gasteiger partial charge in [0, 0.05) is 11.8 Å². The lowest BCUT2D eigenvalue weighted by atomic mass is 9.62. The number of aliphatic hydroxyl groups excluding tert-OH is 1. The molecule has 2 fully saturated rings. The van der Waals surface area contributed by atoms with E-state index >= 15 is 0 Å². The molecular weight excluding hydrogens is 216 g/mol. The largest absolute Gasteiger partial charge is 0.392 e. The molecule has 1 N–H and O–H groups in total. The molecule has 1 spiro atoms. The highest BCUT2D eigenvalue weighted by atomic mass is 16.5. The van der Waals surface area contributed by atoms with Gasteiger partial charge in [-0.2, -0.15) is 0 Å². The minimum absolute atomic E-state index is 0.0897. The molecule has 0 aromatic rings. The molecule has 2 rings (SSSR count). The van der Waals surface area contributed by atoms with Crippen molar-refractivity contribution in [1.29, 1.82) is 0 Å². The van der Waals surface area contributed by atoms with Gasteiger partial charge in [0.1, 0.15) is 0 Å². The van der Waals surface area contributed by atoms with E-state index in [1.165, 1.54) is 12.8 Å². The van der Waals surface area contributed by atoms with Crippen molar-refractivity contribution in [2.75, 3.05) is 13.2 Å². The van der Waals surface area contributed by atoms with Gasteiger partial charge >= 0.3 is 0 Å². The van der Waals surface area contributed by atoms with Crippen molar-refractivity contribution in [3.8, 4) is 0 Å². The Balaban J connectivity index is 1.70. The highest BCUT2D eigenvalue weighted by molar-refractivity contribution is 5.06. The molecule has 2 aliphatic carbocycles. The van der Waals surface area contributed by atoms with Crippen LogP contribution in [-0.4, -0.2) is 36.1 Å². The van der Waals surface area contributed by atoms with Crippen LogP contribution in [0.1, 0.15) is 52.9 Å². The molecule has 2 aliphatic rings. The highest BCUT2D eigenvalue weighted by Crippen LogP contribution is 2.54. The average Bonchev–Trinajstić information content (AvgIpc) is 2.72. The molecule has 2 atom stereocenters. The van der Waals surface area contributed by atoms with E-state index in [4.69, 9.17) is 9.47 Å². The van der Waals surface area contributed by atoms with Gasteiger partial charge in [-0.3, -0.25) is 0 Å². The first-order chi connectivity index (χ1) is 7.94. The normalized spacial score (nSPS) is 31.8. The van der Waals surface area contributed by atoms with E-state index in [1.807, 2.05) is 0 Å². The van der Waals surface area contributed by atoms with E-state index in [0.29, 0.717) is 13.2 Å². The van der Waals surface area contributed by atoms with E-state index in [1.54, 1.807) is 0 Å². The summed E-state index contributed by atoms with van der Waals surface area (Å²) in [6, 6.07) is 0. The molecule has 0 aromatic carbocycles. The second-order valence-electron chi connectivity index (χ2n) is 6.51. The maximum absolute atomic E-state index is 9.94. The molecule has 0 radical (unpaired) electrons. The summed E-state index contributed by atoms with van der Waals surface area (Å²) < 4.78 is 11.5. The lowest BCUT2D eigenvalue weighted by Crippen LogP contribution is -2.56. The van der Waals surface area contributed by atoms with Crippen molar-refractivity contribution in [1.82, 2.24) is 0 Å². The van der Waals surface area contributed by atoms with E-state index in [-0.39, 0.29) is 23.2 Å². The molecule has 0 saturated heterocycles. The fraction of sp³-hybridized carbons (Fsp3) is 1.00. The number of ether oxygens (including phenoxy) is 2. The third-order valence-corrected chi connectivity index (χ3v) is 4.21. The molecule has 0 amide bonds. The summed E-state index contributed by atoms with van der Waals surface area (Å²) in [5, 5.41) is 9.94. The minimum atomic E-state index is -0.126. The number of hydrogen-bond donors (Lipinski definition) is 1. The molecule has 17 heavy (non-hydrogen) atoms. The Hall–Kier alpha value is -0.120. The Bertz CT molecular complexity index is 251. The summed E-state index contributed by atoms with van der Waals surface area (Å²) in [4.78, 5) is 0. The number of rotatable bonds is 4. The summed E-state index contributed by atoms with van der Waals surface area (Å²) in [5.41, 5.74) is 0.00919. The Morgan fingerprint density at radius 3 is 2.35 bits per heavy atom. The van der Waals surface area contributed by atoms with Crippen LogP contribution in [0.5, 0.6) is 0 Å². The summed E-state index contributed by atoms with van der Waals surface area (Å²) in [6.45, 7) is 7.46. The Morgan fingerprint density at radius 1 is 1.18 bits per heavy atom. The van der Waals surface area contributed by atoms with Gasteiger partial charge in [0.05, 0.1) is 31.0 Å². The lowest BCUT2D eigenvalue weighted by Gasteiger charge is -2.51. The third-order valence-electron chi connectivity index (χ3n) is 4.21. The molecule has 0 aromatic heterocycles. The quantitative estimate of drug-likeness (QED) is 0.770. The van der Waals surface area contributed by atoms with Crippen LogP contribution in [-0.2, 0) is 9.47 Å². The van der Waals surface area contributed by atoms with E-state index in [2.05, 4.69) is 20.8 Å². The summed E-state index contributed by atoms with van der Waals surface area (Å²) in [6.07, 6.45) is 5.72. The first-order valence-corrected chi connectivity index (χ1v) is 6.88. The van der Waals surface area contributed by atoms with Crippen LogP contribution in [0, 0.1) is 5.41 Å². The maximum Gasteiger partial charge on any atom is 0.0707 e. The zero-order valence-corrected chi connectivity index (χ0v) is 11.4.